The van der Waals surface area contributed by atoms with E-state index in [-0.39, 0.29) is 5.69 Å². The van der Waals surface area contributed by atoms with Crippen molar-refractivity contribution in [1.29, 1.82) is 0 Å². The van der Waals surface area contributed by atoms with Crippen LogP contribution in [-0.2, 0) is 16.2 Å². The Labute approximate surface area is 163 Å². The highest BCUT2D eigenvalue weighted by Crippen LogP contribution is 2.35. The van der Waals surface area contributed by atoms with E-state index in [0.29, 0.717) is 5.92 Å². The van der Waals surface area contributed by atoms with Crippen LogP contribution in [0.4, 0.5) is 18.9 Å². The van der Waals surface area contributed by atoms with Crippen LogP contribution >= 0.6 is 0 Å². The smallest absolute Gasteiger partial charge is 0.303 e. The van der Waals surface area contributed by atoms with Crippen LogP contribution in [0, 0.1) is 0 Å². The monoisotopic (exact) mass is 412 g/mol. The molecular weight excluding hydrogens is 389 g/mol. The fourth-order valence-corrected chi connectivity index (χ4v) is 4.88. The van der Waals surface area contributed by atoms with E-state index >= 15 is 0 Å². The molecule has 1 aliphatic rings. The molecule has 0 bridgehead atoms. The molecule has 1 aliphatic heterocycles. The van der Waals surface area contributed by atoms with E-state index in [1.54, 1.807) is 12.1 Å². The molecule has 28 heavy (non-hydrogen) atoms. The number of hydrogen-bond donors (Lipinski definition) is 1. The maximum Gasteiger partial charge on any atom is 0.417 e. The molecule has 4 nitrogen and oxygen atoms in total. The molecular formula is C20H23F3N2O2S. The molecule has 1 atom stereocenters. The number of nitrogens with zero attached hydrogens (tertiary/aromatic N) is 1. The zero-order valence-electron chi connectivity index (χ0n) is 15.5. The van der Waals surface area contributed by atoms with Crippen LogP contribution in [-0.4, -0.2) is 33.0 Å². The molecule has 152 valence electrons. The molecule has 0 spiro atoms. The fourth-order valence-electron chi connectivity index (χ4n) is 3.59. The average Bonchev–Trinajstić information content (AvgIpc) is 3.10. The van der Waals surface area contributed by atoms with Gasteiger partial charge in [-0.2, -0.15) is 13.2 Å². The first kappa shape index (κ1) is 20.7. The van der Waals surface area contributed by atoms with Crippen molar-refractivity contribution in [3.63, 3.8) is 0 Å². The van der Waals surface area contributed by atoms with Gasteiger partial charge in [-0.15, -0.1) is 0 Å². The number of nitrogens with one attached hydrogen (secondary N) is 1. The van der Waals surface area contributed by atoms with Crippen molar-refractivity contribution in [3.8, 4) is 0 Å². The van der Waals surface area contributed by atoms with E-state index in [9.17, 15) is 21.6 Å². The maximum absolute atomic E-state index is 13.1. The third kappa shape index (κ3) is 4.67. The van der Waals surface area contributed by atoms with Gasteiger partial charge in [0.15, 0.2) is 0 Å². The first-order chi connectivity index (χ1) is 13.2. The SMILES string of the molecule is CCCN1CCC(c2ccc(NS(=O)(=O)c3ccccc3C(F)(F)F)cc2)C1. The molecule has 1 saturated heterocycles. The molecule has 0 aromatic heterocycles. The van der Waals surface area contributed by atoms with Crippen molar-refractivity contribution >= 4 is 15.7 Å². The molecule has 0 saturated carbocycles. The second-order valence-electron chi connectivity index (χ2n) is 7.01. The van der Waals surface area contributed by atoms with Crippen LogP contribution in [0.3, 0.4) is 0 Å². The largest absolute Gasteiger partial charge is 0.417 e. The second-order valence-corrected chi connectivity index (χ2v) is 8.66. The van der Waals surface area contributed by atoms with Gasteiger partial charge in [-0.1, -0.05) is 31.2 Å². The van der Waals surface area contributed by atoms with Crippen molar-refractivity contribution in [2.24, 2.45) is 0 Å². The summed E-state index contributed by atoms with van der Waals surface area (Å²) in [5.74, 6) is 0.392. The number of hydrogen-bond acceptors (Lipinski definition) is 3. The lowest BCUT2D eigenvalue weighted by molar-refractivity contribution is -0.139. The van der Waals surface area contributed by atoms with Crippen LogP contribution in [0.2, 0.25) is 0 Å². The minimum absolute atomic E-state index is 0.240. The quantitative estimate of drug-likeness (QED) is 0.748. The molecule has 8 heteroatoms. The standard InChI is InChI=1S/C20H23F3N2O2S/c1-2-12-25-13-11-16(14-25)15-7-9-17(10-8-15)24-28(26,27)19-6-4-3-5-18(19)20(21,22)23/h3-10,16,24H,2,11-14H2,1H3. The lowest BCUT2D eigenvalue weighted by atomic mass is 9.98. The summed E-state index contributed by atoms with van der Waals surface area (Å²) in [4.78, 5) is 1.62. The molecule has 1 unspecified atom stereocenters. The molecule has 0 amide bonds. The van der Waals surface area contributed by atoms with E-state index in [4.69, 9.17) is 0 Å². The van der Waals surface area contributed by atoms with Gasteiger partial charge >= 0.3 is 6.18 Å². The average molecular weight is 412 g/mol. The molecule has 1 heterocycles. The molecule has 0 radical (unpaired) electrons. The third-order valence-electron chi connectivity index (χ3n) is 4.93. The Kier molecular flexibility index (Phi) is 6.00. The Morgan fingerprint density at radius 1 is 1.11 bits per heavy atom. The van der Waals surface area contributed by atoms with Gasteiger partial charge in [0.25, 0.3) is 10.0 Å². The highest BCUT2D eigenvalue weighted by Gasteiger charge is 2.36. The lowest BCUT2D eigenvalue weighted by Gasteiger charge is -2.16. The molecule has 1 fully saturated rings. The topological polar surface area (TPSA) is 49.4 Å². The zero-order valence-corrected chi connectivity index (χ0v) is 16.4. The second kappa shape index (κ2) is 8.13. The molecule has 2 aromatic rings. The van der Waals surface area contributed by atoms with Crippen LogP contribution < -0.4 is 4.72 Å². The van der Waals surface area contributed by atoms with E-state index in [2.05, 4.69) is 16.5 Å². The number of rotatable bonds is 6. The van der Waals surface area contributed by atoms with E-state index < -0.39 is 26.7 Å². The molecule has 2 aromatic carbocycles. The summed E-state index contributed by atoms with van der Waals surface area (Å²) in [6, 6.07) is 11.0. The van der Waals surface area contributed by atoms with Gasteiger partial charge in [-0.05, 0) is 61.7 Å². The number of sulfonamides is 1. The van der Waals surface area contributed by atoms with Gasteiger partial charge in [0.2, 0.25) is 0 Å². The van der Waals surface area contributed by atoms with E-state index in [0.717, 1.165) is 50.2 Å². The number of anilines is 1. The summed E-state index contributed by atoms with van der Waals surface area (Å²) < 4.78 is 66.7. The Hall–Kier alpha value is -2.06. The lowest BCUT2D eigenvalue weighted by Crippen LogP contribution is -2.21. The molecule has 1 N–H and O–H groups in total. The summed E-state index contributed by atoms with van der Waals surface area (Å²) >= 11 is 0. The molecule has 3 rings (SSSR count). The Bertz CT molecular complexity index is 912. The predicted octanol–water partition coefficient (Wildman–Crippen LogP) is 4.71. The Morgan fingerprint density at radius 2 is 1.79 bits per heavy atom. The zero-order chi connectivity index (χ0) is 20.4. The van der Waals surface area contributed by atoms with E-state index in [1.807, 2.05) is 12.1 Å². The van der Waals surface area contributed by atoms with Gasteiger partial charge in [-0.25, -0.2) is 8.42 Å². The van der Waals surface area contributed by atoms with Gasteiger partial charge in [0.05, 0.1) is 10.5 Å². The van der Waals surface area contributed by atoms with Crippen LogP contribution in [0.1, 0.15) is 36.8 Å². The van der Waals surface area contributed by atoms with Crippen molar-refractivity contribution in [3.05, 3.63) is 59.7 Å². The number of likely N-dealkylation sites (tertiary alicyclic amines) is 1. The number of alkyl halides is 3. The third-order valence-corrected chi connectivity index (χ3v) is 6.37. The maximum atomic E-state index is 13.1. The Balaban J connectivity index is 1.76. The summed E-state index contributed by atoms with van der Waals surface area (Å²) in [5, 5.41) is 0. The minimum atomic E-state index is -4.75. The number of halogens is 3. The predicted molar refractivity (Wildman–Crippen MR) is 103 cm³/mol. The van der Waals surface area contributed by atoms with Crippen LogP contribution in [0.5, 0.6) is 0 Å². The van der Waals surface area contributed by atoms with Crippen molar-refractivity contribution < 1.29 is 21.6 Å². The minimum Gasteiger partial charge on any atom is -0.303 e. The van der Waals surface area contributed by atoms with Gasteiger partial charge in [0.1, 0.15) is 0 Å². The highest BCUT2D eigenvalue weighted by molar-refractivity contribution is 7.92. The van der Waals surface area contributed by atoms with Gasteiger partial charge in [0, 0.05) is 12.2 Å². The highest BCUT2D eigenvalue weighted by atomic mass is 32.2. The summed E-state index contributed by atoms with van der Waals surface area (Å²) in [6.07, 6.45) is -2.60. The normalized spacial score (nSPS) is 18.4. The first-order valence-corrected chi connectivity index (χ1v) is 10.7. The summed E-state index contributed by atoms with van der Waals surface area (Å²) in [5.41, 5.74) is 0.169. The van der Waals surface area contributed by atoms with Crippen LogP contribution in [0.25, 0.3) is 0 Å². The van der Waals surface area contributed by atoms with Crippen LogP contribution in [0.15, 0.2) is 53.4 Å². The van der Waals surface area contributed by atoms with E-state index in [1.165, 1.54) is 12.1 Å². The Morgan fingerprint density at radius 3 is 2.43 bits per heavy atom. The number of benzene rings is 2. The summed E-state index contributed by atoms with van der Waals surface area (Å²) in [6.45, 7) is 5.22. The fraction of sp³-hybridized carbons (Fsp3) is 0.400. The van der Waals surface area contributed by atoms with Crippen molar-refractivity contribution in [2.75, 3.05) is 24.4 Å². The molecule has 0 aliphatic carbocycles. The first-order valence-electron chi connectivity index (χ1n) is 9.22. The van der Waals surface area contributed by atoms with Crippen molar-refractivity contribution in [1.82, 2.24) is 4.90 Å². The summed E-state index contributed by atoms with van der Waals surface area (Å²) in [7, 11) is -4.35. The van der Waals surface area contributed by atoms with Gasteiger partial charge < -0.3 is 4.90 Å². The van der Waals surface area contributed by atoms with Crippen molar-refractivity contribution in [2.45, 2.75) is 36.8 Å². The van der Waals surface area contributed by atoms with Gasteiger partial charge in [-0.3, -0.25) is 4.72 Å².